The fourth-order valence-corrected chi connectivity index (χ4v) is 2.60. The molecule has 0 aliphatic carbocycles. The van der Waals surface area contributed by atoms with E-state index < -0.39 is 0 Å². The van der Waals surface area contributed by atoms with Crippen molar-refractivity contribution < 1.29 is 0 Å². The van der Waals surface area contributed by atoms with Crippen LogP contribution in [0.1, 0.15) is 29.8 Å². The minimum absolute atomic E-state index is 0.260. The summed E-state index contributed by atoms with van der Waals surface area (Å²) in [6.45, 7) is 6.34. The highest BCUT2D eigenvalue weighted by Gasteiger charge is 2.08. The van der Waals surface area contributed by atoms with E-state index in [1.54, 1.807) is 0 Å². The molecule has 3 aromatic rings. The molecule has 1 heterocycles. The van der Waals surface area contributed by atoms with E-state index >= 15 is 0 Å². The molecule has 2 nitrogen and oxygen atoms in total. The van der Waals surface area contributed by atoms with E-state index in [9.17, 15) is 0 Å². The van der Waals surface area contributed by atoms with Crippen LogP contribution in [0.25, 0.3) is 10.9 Å². The predicted octanol–water partition coefficient (Wildman–Crippen LogP) is 5.02. The van der Waals surface area contributed by atoms with Gasteiger partial charge in [-0.15, -0.1) is 0 Å². The van der Waals surface area contributed by atoms with Crippen molar-refractivity contribution in [3.05, 3.63) is 71.4 Å². The van der Waals surface area contributed by atoms with Crippen molar-refractivity contribution in [3.63, 3.8) is 0 Å². The van der Waals surface area contributed by atoms with Gasteiger partial charge in [0.25, 0.3) is 0 Å². The second-order valence-electron chi connectivity index (χ2n) is 5.61. The topological polar surface area (TPSA) is 24.9 Å². The highest BCUT2D eigenvalue weighted by Crippen LogP contribution is 2.27. The van der Waals surface area contributed by atoms with Crippen molar-refractivity contribution in [3.8, 4) is 0 Å². The molecule has 1 atom stereocenters. The van der Waals surface area contributed by atoms with E-state index in [2.05, 4.69) is 72.7 Å². The lowest BCUT2D eigenvalue weighted by atomic mass is 10.1. The minimum atomic E-state index is 0.260. The molecule has 2 aromatic carbocycles. The highest BCUT2D eigenvalue weighted by atomic mass is 14.9. The molecule has 0 fully saturated rings. The van der Waals surface area contributed by atoms with E-state index in [1.807, 2.05) is 13.0 Å². The molecule has 2 heteroatoms. The Labute approximate surface area is 125 Å². The Morgan fingerprint density at radius 3 is 2.43 bits per heavy atom. The number of hydrogen-bond donors (Lipinski definition) is 1. The number of benzene rings is 2. The molecule has 3 rings (SSSR count). The van der Waals surface area contributed by atoms with Crippen LogP contribution in [0, 0.1) is 13.8 Å². The zero-order valence-electron chi connectivity index (χ0n) is 12.7. The quantitative estimate of drug-likeness (QED) is 0.726. The third-order valence-electron chi connectivity index (χ3n) is 3.79. The molecule has 0 aliphatic rings. The van der Waals surface area contributed by atoms with E-state index in [-0.39, 0.29) is 6.04 Å². The SMILES string of the molecule is Cc1ccc(C(C)Nc2cc(C)nc3ccccc23)cc1. The molecule has 0 aliphatic heterocycles. The normalized spacial score (nSPS) is 12.3. The first-order chi connectivity index (χ1) is 10.1. The van der Waals surface area contributed by atoms with Crippen molar-refractivity contribution in [2.45, 2.75) is 26.8 Å². The van der Waals surface area contributed by atoms with Gasteiger partial charge in [0.15, 0.2) is 0 Å². The minimum Gasteiger partial charge on any atom is -0.378 e. The van der Waals surface area contributed by atoms with Gasteiger partial charge in [0, 0.05) is 22.8 Å². The zero-order chi connectivity index (χ0) is 14.8. The Balaban J connectivity index is 1.95. The van der Waals surface area contributed by atoms with Crippen LogP contribution in [0.4, 0.5) is 5.69 Å². The fourth-order valence-electron chi connectivity index (χ4n) is 2.60. The lowest BCUT2D eigenvalue weighted by molar-refractivity contribution is 0.885. The summed E-state index contributed by atoms with van der Waals surface area (Å²) in [5, 5.41) is 4.79. The number of pyridine rings is 1. The van der Waals surface area contributed by atoms with Gasteiger partial charge in [0.1, 0.15) is 0 Å². The Morgan fingerprint density at radius 1 is 0.952 bits per heavy atom. The summed E-state index contributed by atoms with van der Waals surface area (Å²) in [4.78, 5) is 4.59. The second-order valence-corrected chi connectivity index (χ2v) is 5.61. The van der Waals surface area contributed by atoms with Gasteiger partial charge in [0.05, 0.1) is 5.52 Å². The second kappa shape index (κ2) is 5.57. The number of aryl methyl sites for hydroxylation is 2. The Bertz CT molecular complexity index is 760. The average Bonchev–Trinajstić information content (AvgIpc) is 2.47. The number of aromatic nitrogens is 1. The molecule has 1 N–H and O–H groups in total. The van der Waals surface area contributed by atoms with Crippen LogP contribution in [0.15, 0.2) is 54.6 Å². The summed E-state index contributed by atoms with van der Waals surface area (Å²) in [5.74, 6) is 0. The van der Waals surface area contributed by atoms with Crippen LogP contribution in [-0.4, -0.2) is 4.98 Å². The summed E-state index contributed by atoms with van der Waals surface area (Å²) in [5.41, 5.74) is 5.80. The zero-order valence-corrected chi connectivity index (χ0v) is 12.7. The molecule has 21 heavy (non-hydrogen) atoms. The maximum absolute atomic E-state index is 4.59. The maximum Gasteiger partial charge on any atom is 0.0725 e. The van der Waals surface area contributed by atoms with E-state index in [1.165, 1.54) is 16.5 Å². The number of anilines is 1. The van der Waals surface area contributed by atoms with Crippen molar-refractivity contribution in [1.82, 2.24) is 4.98 Å². The fraction of sp³-hybridized carbons (Fsp3) is 0.211. The van der Waals surface area contributed by atoms with Gasteiger partial charge in [-0.1, -0.05) is 48.0 Å². The third-order valence-corrected chi connectivity index (χ3v) is 3.79. The Hall–Kier alpha value is -2.35. The van der Waals surface area contributed by atoms with E-state index in [4.69, 9.17) is 0 Å². The van der Waals surface area contributed by atoms with Crippen LogP contribution in [-0.2, 0) is 0 Å². The van der Waals surface area contributed by atoms with Gasteiger partial charge in [-0.2, -0.15) is 0 Å². The van der Waals surface area contributed by atoms with E-state index in [0.29, 0.717) is 0 Å². The largest absolute Gasteiger partial charge is 0.378 e. The smallest absolute Gasteiger partial charge is 0.0725 e. The third kappa shape index (κ3) is 2.89. The van der Waals surface area contributed by atoms with Crippen LogP contribution >= 0.6 is 0 Å². The van der Waals surface area contributed by atoms with Crippen molar-refractivity contribution >= 4 is 16.6 Å². The van der Waals surface area contributed by atoms with Gasteiger partial charge < -0.3 is 5.32 Å². The first-order valence-corrected chi connectivity index (χ1v) is 7.33. The van der Waals surface area contributed by atoms with Crippen molar-refractivity contribution in [2.24, 2.45) is 0 Å². The molecule has 0 saturated heterocycles. The number of rotatable bonds is 3. The molecule has 1 aromatic heterocycles. The number of nitrogens with one attached hydrogen (secondary N) is 1. The Kier molecular flexibility index (Phi) is 3.61. The van der Waals surface area contributed by atoms with E-state index in [0.717, 1.165) is 16.9 Å². The Morgan fingerprint density at radius 2 is 1.67 bits per heavy atom. The lowest BCUT2D eigenvalue weighted by Crippen LogP contribution is -2.07. The average molecular weight is 276 g/mol. The molecule has 0 saturated carbocycles. The summed E-state index contributed by atoms with van der Waals surface area (Å²) in [6, 6.07) is 19.3. The number of fused-ring (bicyclic) bond motifs is 1. The van der Waals surface area contributed by atoms with Gasteiger partial charge in [-0.3, -0.25) is 4.98 Å². The molecule has 0 amide bonds. The van der Waals surface area contributed by atoms with Crippen LogP contribution in [0.5, 0.6) is 0 Å². The van der Waals surface area contributed by atoms with Crippen LogP contribution < -0.4 is 5.32 Å². The number of para-hydroxylation sites is 1. The highest BCUT2D eigenvalue weighted by molar-refractivity contribution is 5.91. The summed E-state index contributed by atoms with van der Waals surface area (Å²) in [6.07, 6.45) is 0. The summed E-state index contributed by atoms with van der Waals surface area (Å²) < 4.78 is 0. The molecule has 0 radical (unpaired) electrons. The molecular weight excluding hydrogens is 256 g/mol. The van der Waals surface area contributed by atoms with Gasteiger partial charge in [-0.05, 0) is 38.5 Å². The summed E-state index contributed by atoms with van der Waals surface area (Å²) >= 11 is 0. The predicted molar refractivity (Wildman–Crippen MR) is 89.7 cm³/mol. The lowest BCUT2D eigenvalue weighted by Gasteiger charge is -2.18. The molecular formula is C19H20N2. The van der Waals surface area contributed by atoms with Crippen LogP contribution in [0.2, 0.25) is 0 Å². The number of hydrogen-bond acceptors (Lipinski definition) is 2. The molecule has 0 spiro atoms. The molecule has 0 bridgehead atoms. The maximum atomic E-state index is 4.59. The van der Waals surface area contributed by atoms with Gasteiger partial charge in [0.2, 0.25) is 0 Å². The molecule has 1 unspecified atom stereocenters. The summed E-state index contributed by atoms with van der Waals surface area (Å²) in [7, 11) is 0. The standard InChI is InChI=1S/C19H20N2/c1-13-8-10-16(11-9-13)15(3)21-19-12-14(2)20-18-7-5-4-6-17(18)19/h4-12,15H,1-3H3,(H,20,21). The van der Waals surface area contributed by atoms with Crippen molar-refractivity contribution in [1.29, 1.82) is 0 Å². The molecule has 106 valence electrons. The van der Waals surface area contributed by atoms with Gasteiger partial charge in [-0.25, -0.2) is 0 Å². The van der Waals surface area contributed by atoms with Gasteiger partial charge >= 0.3 is 0 Å². The first-order valence-electron chi connectivity index (χ1n) is 7.33. The van der Waals surface area contributed by atoms with Crippen LogP contribution in [0.3, 0.4) is 0 Å². The number of nitrogens with zero attached hydrogens (tertiary/aromatic N) is 1. The monoisotopic (exact) mass is 276 g/mol. The van der Waals surface area contributed by atoms with Crippen molar-refractivity contribution in [2.75, 3.05) is 5.32 Å². The first kappa shape index (κ1) is 13.6.